The van der Waals surface area contributed by atoms with Crippen molar-refractivity contribution in [3.8, 4) is 0 Å². The highest BCUT2D eigenvalue weighted by molar-refractivity contribution is 7.99. The lowest BCUT2D eigenvalue weighted by atomic mass is 10.4. The number of thioether (sulfide) groups is 1. The molecular weight excluding hydrogens is 174 g/mol. The summed E-state index contributed by atoms with van der Waals surface area (Å²) < 4.78 is 0. The summed E-state index contributed by atoms with van der Waals surface area (Å²) in [7, 11) is 0. The SMILES string of the molecule is Cc1ccc(C2NCCS2)s1. The van der Waals surface area contributed by atoms with Crippen molar-refractivity contribution in [1.82, 2.24) is 5.32 Å². The summed E-state index contributed by atoms with van der Waals surface area (Å²) in [5.74, 6) is 1.25. The summed E-state index contributed by atoms with van der Waals surface area (Å²) in [6, 6.07) is 4.43. The third kappa shape index (κ3) is 1.60. The molecule has 0 bridgehead atoms. The van der Waals surface area contributed by atoms with Gasteiger partial charge in [-0.05, 0) is 19.1 Å². The molecule has 0 amide bonds. The van der Waals surface area contributed by atoms with Gasteiger partial charge in [0.1, 0.15) is 0 Å². The van der Waals surface area contributed by atoms with Gasteiger partial charge in [0.25, 0.3) is 0 Å². The van der Waals surface area contributed by atoms with Crippen molar-refractivity contribution in [2.75, 3.05) is 12.3 Å². The maximum atomic E-state index is 3.46. The number of hydrogen-bond acceptors (Lipinski definition) is 3. The summed E-state index contributed by atoms with van der Waals surface area (Å²) in [6.45, 7) is 3.32. The van der Waals surface area contributed by atoms with Crippen LogP contribution in [0.5, 0.6) is 0 Å². The van der Waals surface area contributed by atoms with Crippen LogP contribution in [-0.4, -0.2) is 12.3 Å². The second-order valence-corrected chi connectivity index (χ2v) is 5.19. The van der Waals surface area contributed by atoms with Crippen LogP contribution in [0.2, 0.25) is 0 Å². The molecule has 1 aliphatic heterocycles. The van der Waals surface area contributed by atoms with Crippen molar-refractivity contribution in [3.63, 3.8) is 0 Å². The monoisotopic (exact) mass is 185 g/mol. The zero-order valence-corrected chi connectivity index (χ0v) is 8.10. The molecule has 1 saturated heterocycles. The van der Waals surface area contributed by atoms with Gasteiger partial charge < -0.3 is 5.32 Å². The molecule has 0 aromatic carbocycles. The first-order chi connectivity index (χ1) is 5.36. The number of thiophene rings is 1. The topological polar surface area (TPSA) is 12.0 Å². The van der Waals surface area contributed by atoms with E-state index in [2.05, 4.69) is 24.4 Å². The highest BCUT2D eigenvalue weighted by atomic mass is 32.2. The van der Waals surface area contributed by atoms with Crippen LogP contribution in [0.1, 0.15) is 15.1 Å². The Hall–Kier alpha value is 0.01000. The molecule has 2 rings (SSSR count). The highest BCUT2D eigenvalue weighted by Crippen LogP contribution is 2.33. The van der Waals surface area contributed by atoms with Gasteiger partial charge in [-0.2, -0.15) is 0 Å². The average molecular weight is 185 g/mol. The molecule has 1 unspecified atom stereocenters. The first kappa shape index (κ1) is 7.65. The van der Waals surface area contributed by atoms with Gasteiger partial charge in [0.05, 0.1) is 5.37 Å². The Morgan fingerprint density at radius 2 is 2.45 bits per heavy atom. The molecule has 1 N–H and O–H groups in total. The van der Waals surface area contributed by atoms with Crippen molar-refractivity contribution < 1.29 is 0 Å². The van der Waals surface area contributed by atoms with E-state index in [1.165, 1.54) is 15.5 Å². The van der Waals surface area contributed by atoms with E-state index in [1.807, 2.05) is 23.1 Å². The van der Waals surface area contributed by atoms with Crippen molar-refractivity contribution in [1.29, 1.82) is 0 Å². The van der Waals surface area contributed by atoms with E-state index in [9.17, 15) is 0 Å². The molecule has 3 heteroatoms. The Morgan fingerprint density at radius 3 is 3.00 bits per heavy atom. The highest BCUT2D eigenvalue weighted by Gasteiger charge is 2.17. The van der Waals surface area contributed by atoms with Gasteiger partial charge in [-0.3, -0.25) is 0 Å². The number of hydrogen-bond donors (Lipinski definition) is 1. The van der Waals surface area contributed by atoms with Gasteiger partial charge in [-0.1, -0.05) is 0 Å². The van der Waals surface area contributed by atoms with Gasteiger partial charge in [0.15, 0.2) is 0 Å². The zero-order valence-electron chi connectivity index (χ0n) is 6.46. The molecule has 1 atom stereocenters. The summed E-state index contributed by atoms with van der Waals surface area (Å²) in [5.41, 5.74) is 0. The smallest absolute Gasteiger partial charge is 0.0883 e. The number of aryl methyl sites for hydroxylation is 1. The summed E-state index contributed by atoms with van der Waals surface area (Å²) in [6.07, 6.45) is 0. The van der Waals surface area contributed by atoms with Gasteiger partial charge in [0, 0.05) is 22.1 Å². The molecule has 1 aromatic rings. The number of nitrogens with one attached hydrogen (secondary N) is 1. The quantitative estimate of drug-likeness (QED) is 0.721. The van der Waals surface area contributed by atoms with E-state index in [4.69, 9.17) is 0 Å². The molecule has 60 valence electrons. The van der Waals surface area contributed by atoms with E-state index in [0.29, 0.717) is 5.37 Å². The first-order valence-corrected chi connectivity index (χ1v) is 5.64. The second kappa shape index (κ2) is 3.17. The molecular formula is C8H11NS2. The molecule has 0 aliphatic carbocycles. The van der Waals surface area contributed by atoms with E-state index < -0.39 is 0 Å². The minimum Gasteiger partial charge on any atom is -0.300 e. The fraction of sp³-hybridized carbons (Fsp3) is 0.500. The predicted molar refractivity (Wildman–Crippen MR) is 52.3 cm³/mol. The summed E-state index contributed by atoms with van der Waals surface area (Å²) in [4.78, 5) is 2.89. The Morgan fingerprint density at radius 1 is 1.55 bits per heavy atom. The summed E-state index contributed by atoms with van der Waals surface area (Å²) in [5, 5.41) is 4.04. The van der Waals surface area contributed by atoms with Gasteiger partial charge in [-0.25, -0.2) is 0 Å². The Labute approximate surface area is 75.2 Å². The van der Waals surface area contributed by atoms with E-state index in [0.717, 1.165) is 6.54 Å². The third-order valence-corrected chi connectivity index (χ3v) is 4.14. The van der Waals surface area contributed by atoms with Crippen molar-refractivity contribution >= 4 is 23.1 Å². The number of rotatable bonds is 1. The lowest BCUT2D eigenvalue weighted by Crippen LogP contribution is -2.10. The maximum absolute atomic E-state index is 3.46. The summed E-state index contributed by atoms with van der Waals surface area (Å²) >= 11 is 3.91. The second-order valence-electron chi connectivity index (χ2n) is 2.65. The lowest BCUT2D eigenvalue weighted by Gasteiger charge is -2.04. The molecule has 0 spiro atoms. The fourth-order valence-electron chi connectivity index (χ4n) is 1.20. The van der Waals surface area contributed by atoms with Crippen molar-refractivity contribution in [2.24, 2.45) is 0 Å². The zero-order chi connectivity index (χ0) is 7.68. The minimum absolute atomic E-state index is 0.577. The third-order valence-electron chi connectivity index (χ3n) is 1.74. The molecule has 1 aliphatic rings. The predicted octanol–water partition coefficient (Wildman–Crippen LogP) is 2.39. The van der Waals surface area contributed by atoms with Gasteiger partial charge >= 0.3 is 0 Å². The largest absolute Gasteiger partial charge is 0.300 e. The molecule has 11 heavy (non-hydrogen) atoms. The van der Waals surface area contributed by atoms with Crippen LogP contribution in [0.15, 0.2) is 12.1 Å². The van der Waals surface area contributed by atoms with Gasteiger partial charge in [0.2, 0.25) is 0 Å². The first-order valence-electron chi connectivity index (χ1n) is 3.77. The standard InChI is InChI=1S/C8H11NS2/c1-6-2-3-7(11-6)8-9-4-5-10-8/h2-3,8-9H,4-5H2,1H3. The average Bonchev–Trinajstić information content (AvgIpc) is 2.55. The molecule has 0 radical (unpaired) electrons. The normalized spacial score (nSPS) is 24.3. The van der Waals surface area contributed by atoms with Gasteiger partial charge in [-0.15, -0.1) is 23.1 Å². The molecule has 2 heterocycles. The van der Waals surface area contributed by atoms with E-state index >= 15 is 0 Å². The molecule has 0 saturated carbocycles. The van der Waals surface area contributed by atoms with E-state index in [-0.39, 0.29) is 0 Å². The van der Waals surface area contributed by atoms with Crippen LogP contribution >= 0.6 is 23.1 Å². The van der Waals surface area contributed by atoms with E-state index in [1.54, 1.807) is 0 Å². The van der Waals surface area contributed by atoms with Crippen molar-refractivity contribution in [3.05, 3.63) is 21.9 Å². The Bertz CT molecular complexity index is 238. The lowest BCUT2D eigenvalue weighted by molar-refractivity contribution is 0.761. The van der Waals surface area contributed by atoms with Crippen LogP contribution < -0.4 is 5.32 Å². The maximum Gasteiger partial charge on any atom is 0.0883 e. The Balaban J connectivity index is 2.15. The van der Waals surface area contributed by atoms with Crippen LogP contribution in [-0.2, 0) is 0 Å². The van der Waals surface area contributed by atoms with Crippen LogP contribution in [0.3, 0.4) is 0 Å². The molecule has 1 nitrogen and oxygen atoms in total. The van der Waals surface area contributed by atoms with Crippen molar-refractivity contribution in [2.45, 2.75) is 12.3 Å². The Kier molecular flexibility index (Phi) is 2.20. The van der Waals surface area contributed by atoms with Crippen LogP contribution in [0, 0.1) is 6.92 Å². The fourth-order valence-corrected chi connectivity index (χ4v) is 3.34. The molecule has 1 fully saturated rings. The van der Waals surface area contributed by atoms with Crippen LogP contribution in [0.25, 0.3) is 0 Å². The van der Waals surface area contributed by atoms with Crippen LogP contribution in [0.4, 0.5) is 0 Å². The molecule has 1 aromatic heterocycles. The minimum atomic E-state index is 0.577.